The molecule has 3 atom stereocenters. The van der Waals surface area contributed by atoms with Crippen molar-refractivity contribution in [1.29, 1.82) is 0 Å². The lowest BCUT2D eigenvalue weighted by Crippen LogP contribution is -2.40. The van der Waals surface area contributed by atoms with E-state index < -0.39 is 12.2 Å². The van der Waals surface area contributed by atoms with Crippen LogP contribution in [0, 0.1) is 0 Å². The molecule has 1 aliphatic rings. The number of rotatable bonds is 6. The lowest BCUT2D eigenvalue weighted by molar-refractivity contribution is -0.160. The number of ether oxygens (including phenoxy) is 3. The molecule has 0 unspecified atom stereocenters. The molecule has 0 aromatic rings. The van der Waals surface area contributed by atoms with E-state index in [-0.39, 0.29) is 24.0 Å². The molecule has 1 aliphatic heterocycles. The third kappa shape index (κ3) is 6.11. The summed E-state index contributed by atoms with van der Waals surface area (Å²) in [6.45, 7) is 4.86. The zero-order chi connectivity index (χ0) is 14.3. The second-order valence-corrected chi connectivity index (χ2v) is 5.38. The maximum Gasteiger partial charge on any atom is 0.303 e. The molecule has 0 spiro atoms. The standard InChI is InChI=1S/C13H20O5S/c1-4-7-19-13-6-5-11(17-10(3)15)12(18-13)8-16-9(2)14/h5-6,11-13H,4,7-8H2,1-3H3/t11-,12+,13+/m0/s1. The van der Waals surface area contributed by atoms with E-state index >= 15 is 0 Å². The van der Waals surface area contributed by atoms with Gasteiger partial charge in [-0.25, -0.2) is 0 Å². The van der Waals surface area contributed by atoms with E-state index in [2.05, 4.69) is 6.92 Å². The largest absolute Gasteiger partial charge is 0.463 e. The van der Waals surface area contributed by atoms with Crippen LogP contribution in [0.4, 0.5) is 0 Å². The van der Waals surface area contributed by atoms with Gasteiger partial charge in [0, 0.05) is 13.8 Å². The van der Waals surface area contributed by atoms with Crippen LogP contribution in [0.25, 0.3) is 0 Å². The monoisotopic (exact) mass is 288 g/mol. The minimum Gasteiger partial charge on any atom is -0.463 e. The van der Waals surface area contributed by atoms with Crippen molar-refractivity contribution in [1.82, 2.24) is 0 Å². The molecule has 0 N–H and O–H groups in total. The highest BCUT2D eigenvalue weighted by Gasteiger charge is 2.30. The molecule has 0 saturated carbocycles. The summed E-state index contributed by atoms with van der Waals surface area (Å²) in [7, 11) is 0. The van der Waals surface area contributed by atoms with E-state index in [0.717, 1.165) is 12.2 Å². The smallest absolute Gasteiger partial charge is 0.303 e. The summed E-state index contributed by atoms with van der Waals surface area (Å²) in [5.74, 6) is 0.219. The van der Waals surface area contributed by atoms with Crippen LogP contribution in [0.3, 0.4) is 0 Å². The van der Waals surface area contributed by atoms with Gasteiger partial charge in [-0.3, -0.25) is 9.59 Å². The fraction of sp³-hybridized carbons (Fsp3) is 0.692. The highest BCUT2D eigenvalue weighted by molar-refractivity contribution is 7.99. The van der Waals surface area contributed by atoms with Crippen LogP contribution in [0.15, 0.2) is 12.2 Å². The highest BCUT2D eigenvalue weighted by Crippen LogP contribution is 2.24. The molecule has 1 rings (SSSR count). The van der Waals surface area contributed by atoms with Crippen LogP contribution in [0.1, 0.15) is 27.2 Å². The van der Waals surface area contributed by atoms with E-state index in [9.17, 15) is 9.59 Å². The van der Waals surface area contributed by atoms with Gasteiger partial charge < -0.3 is 14.2 Å². The molecule has 108 valence electrons. The summed E-state index contributed by atoms with van der Waals surface area (Å²) in [5, 5.41) is 0. The maximum atomic E-state index is 11.0. The first kappa shape index (κ1) is 16.0. The lowest BCUT2D eigenvalue weighted by atomic mass is 10.1. The molecule has 0 fully saturated rings. The van der Waals surface area contributed by atoms with Gasteiger partial charge in [-0.1, -0.05) is 6.92 Å². The molecule has 0 aromatic heterocycles. The molecule has 0 bridgehead atoms. The molecule has 19 heavy (non-hydrogen) atoms. The van der Waals surface area contributed by atoms with E-state index in [4.69, 9.17) is 14.2 Å². The van der Waals surface area contributed by atoms with Gasteiger partial charge in [-0.15, -0.1) is 11.8 Å². The van der Waals surface area contributed by atoms with Crippen LogP contribution < -0.4 is 0 Å². The SMILES string of the molecule is CCCS[C@@H]1C=C[C@H](OC(C)=O)[C@@H](COC(C)=O)O1. The normalized spacial score (nSPS) is 25.9. The topological polar surface area (TPSA) is 61.8 Å². The number of hydrogen-bond acceptors (Lipinski definition) is 6. The van der Waals surface area contributed by atoms with Crippen LogP contribution in [-0.4, -0.2) is 41.9 Å². The van der Waals surface area contributed by atoms with E-state index in [1.54, 1.807) is 17.8 Å². The van der Waals surface area contributed by atoms with E-state index in [1.807, 2.05) is 6.08 Å². The summed E-state index contributed by atoms with van der Waals surface area (Å²) in [5.41, 5.74) is -0.0904. The Bertz CT molecular complexity index is 342. The number of carbonyl (C=O) groups excluding carboxylic acids is 2. The zero-order valence-electron chi connectivity index (χ0n) is 11.5. The number of esters is 2. The van der Waals surface area contributed by atoms with E-state index in [0.29, 0.717) is 0 Å². The summed E-state index contributed by atoms with van der Waals surface area (Å²) < 4.78 is 15.9. The van der Waals surface area contributed by atoms with Crippen LogP contribution in [-0.2, 0) is 23.8 Å². The van der Waals surface area contributed by atoms with E-state index in [1.165, 1.54) is 13.8 Å². The Morgan fingerprint density at radius 2 is 2.00 bits per heavy atom. The van der Waals surface area contributed by atoms with Crippen molar-refractivity contribution in [2.75, 3.05) is 12.4 Å². The zero-order valence-corrected chi connectivity index (χ0v) is 12.3. The summed E-state index contributed by atoms with van der Waals surface area (Å²) in [6.07, 6.45) is 3.77. The molecule has 0 radical (unpaired) electrons. The molecule has 0 aliphatic carbocycles. The molecule has 1 heterocycles. The fourth-order valence-electron chi connectivity index (χ4n) is 1.59. The number of hydrogen-bond donors (Lipinski definition) is 0. The summed E-state index contributed by atoms with van der Waals surface area (Å²) in [4.78, 5) is 21.9. The molecule has 0 aromatic carbocycles. The first-order valence-electron chi connectivity index (χ1n) is 6.29. The average Bonchev–Trinajstić information content (AvgIpc) is 2.35. The Morgan fingerprint density at radius 1 is 1.26 bits per heavy atom. The van der Waals surface area contributed by atoms with Crippen molar-refractivity contribution in [3.05, 3.63) is 12.2 Å². The van der Waals surface area contributed by atoms with Crippen molar-refractivity contribution in [2.24, 2.45) is 0 Å². The van der Waals surface area contributed by atoms with Crippen molar-refractivity contribution in [3.63, 3.8) is 0 Å². The van der Waals surface area contributed by atoms with Crippen LogP contribution >= 0.6 is 11.8 Å². The van der Waals surface area contributed by atoms with Gasteiger partial charge in [0.05, 0.1) is 0 Å². The Kier molecular flexibility index (Phi) is 6.94. The van der Waals surface area contributed by atoms with Crippen molar-refractivity contribution in [2.45, 2.75) is 44.8 Å². The highest BCUT2D eigenvalue weighted by atomic mass is 32.2. The Balaban J connectivity index is 2.60. The number of carbonyl (C=O) groups is 2. The Hall–Kier alpha value is -1.01. The van der Waals surface area contributed by atoms with Crippen molar-refractivity contribution < 1.29 is 23.8 Å². The van der Waals surface area contributed by atoms with Crippen molar-refractivity contribution >= 4 is 23.7 Å². The quantitative estimate of drug-likeness (QED) is 0.549. The van der Waals surface area contributed by atoms with Gasteiger partial charge in [-0.05, 0) is 24.3 Å². The van der Waals surface area contributed by atoms with Crippen LogP contribution in [0.5, 0.6) is 0 Å². The predicted octanol–water partition coefficient (Wildman–Crippen LogP) is 1.91. The first-order valence-corrected chi connectivity index (χ1v) is 7.33. The third-order valence-corrected chi connectivity index (χ3v) is 3.61. The molecule has 6 heteroatoms. The molecular weight excluding hydrogens is 268 g/mol. The number of thioether (sulfide) groups is 1. The molecular formula is C13H20O5S. The second-order valence-electron chi connectivity index (χ2n) is 4.18. The second kappa shape index (κ2) is 8.22. The van der Waals surface area contributed by atoms with Crippen molar-refractivity contribution in [3.8, 4) is 0 Å². The Morgan fingerprint density at radius 3 is 2.58 bits per heavy atom. The summed E-state index contributed by atoms with van der Waals surface area (Å²) in [6, 6.07) is 0. The maximum absolute atomic E-state index is 11.0. The average molecular weight is 288 g/mol. The van der Waals surface area contributed by atoms with Crippen LogP contribution in [0.2, 0.25) is 0 Å². The molecule has 0 saturated heterocycles. The van der Waals surface area contributed by atoms with Gasteiger partial charge in [0.15, 0.2) is 0 Å². The van der Waals surface area contributed by atoms with Gasteiger partial charge in [0.1, 0.15) is 24.3 Å². The van der Waals surface area contributed by atoms with Gasteiger partial charge in [0.2, 0.25) is 0 Å². The summed E-state index contributed by atoms with van der Waals surface area (Å²) >= 11 is 1.67. The molecule has 0 amide bonds. The minimum atomic E-state index is -0.504. The van der Waals surface area contributed by atoms with Gasteiger partial charge in [-0.2, -0.15) is 0 Å². The Labute approximate surface area is 117 Å². The lowest BCUT2D eigenvalue weighted by Gasteiger charge is -2.31. The predicted molar refractivity (Wildman–Crippen MR) is 72.7 cm³/mol. The minimum absolute atomic E-state index is 0.0841. The van der Waals surface area contributed by atoms with Gasteiger partial charge in [0.25, 0.3) is 0 Å². The first-order chi connectivity index (χ1) is 9.02. The molecule has 5 nitrogen and oxygen atoms in total. The third-order valence-electron chi connectivity index (χ3n) is 2.37. The van der Waals surface area contributed by atoms with Gasteiger partial charge >= 0.3 is 11.9 Å². The fourth-order valence-corrected chi connectivity index (χ4v) is 2.48.